The number of ether oxygens (including phenoxy) is 1. The molecular weight excluding hydrogens is 285 g/mol. The topological polar surface area (TPSA) is 127 Å². The lowest BCUT2D eigenvalue weighted by Crippen LogP contribution is -2.32. The minimum Gasteiger partial charge on any atom is -0.364 e. The number of imidazole rings is 1. The highest BCUT2D eigenvalue weighted by Crippen LogP contribution is 2.34. The van der Waals surface area contributed by atoms with Crippen molar-refractivity contribution in [3.63, 3.8) is 0 Å². The Balaban J connectivity index is 2.14. The molecule has 2 rings (SSSR count). The van der Waals surface area contributed by atoms with Crippen LogP contribution < -0.4 is 10.3 Å². The largest absolute Gasteiger partial charge is 0.364 e. The van der Waals surface area contributed by atoms with Gasteiger partial charge >= 0.3 is 7.60 Å². The van der Waals surface area contributed by atoms with Crippen LogP contribution in [0.1, 0.15) is 6.92 Å². The molecule has 1 unspecified atom stereocenters. The molecule has 1 atom stereocenters. The van der Waals surface area contributed by atoms with Crippen LogP contribution >= 0.6 is 7.60 Å². The van der Waals surface area contributed by atoms with Crippen LogP contribution in [0, 0.1) is 0 Å². The van der Waals surface area contributed by atoms with Crippen molar-refractivity contribution in [3.8, 4) is 0 Å². The Morgan fingerprint density at radius 3 is 2.90 bits per heavy atom. The highest BCUT2D eigenvalue weighted by Gasteiger charge is 2.18. The van der Waals surface area contributed by atoms with Gasteiger partial charge < -0.3 is 20.3 Å². The molecule has 110 valence electrons. The van der Waals surface area contributed by atoms with E-state index in [0.29, 0.717) is 23.5 Å². The molecule has 0 saturated heterocycles. The summed E-state index contributed by atoms with van der Waals surface area (Å²) in [5.41, 5.74) is 7.08. The normalized spacial score (nSPS) is 13.8. The number of fused-ring (bicyclic) bond motifs is 1. The van der Waals surface area contributed by atoms with Crippen LogP contribution in [-0.2, 0) is 22.9 Å². The molecule has 2 heterocycles. The van der Waals surface area contributed by atoms with Crippen molar-refractivity contribution in [2.24, 2.45) is 7.05 Å². The fraction of sp³-hybridized carbons (Fsp3) is 0.500. The predicted molar refractivity (Wildman–Crippen MR) is 70.6 cm³/mol. The average Bonchev–Trinajstić information content (AvgIpc) is 2.74. The fourth-order valence-corrected chi connectivity index (χ4v) is 2.20. The van der Waals surface area contributed by atoms with Crippen molar-refractivity contribution < 1.29 is 23.7 Å². The van der Waals surface area contributed by atoms with Gasteiger partial charge in [0, 0.05) is 0 Å². The highest BCUT2D eigenvalue weighted by atomic mass is 31.2. The van der Waals surface area contributed by atoms with Crippen LogP contribution in [0.15, 0.2) is 12.7 Å². The van der Waals surface area contributed by atoms with E-state index in [1.54, 1.807) is 35.8 Å². The summed E-state index contributed by atoms with van der Waals surface area (Å²) >= 11 is 0. The summed E-state index contributed by atoms with van der Waals surface area (Å²) in [5.74, 6) is 0.498. The van der Waals surface area contributed by atoms with Gasteiger partial charge in [0.05, 0.1) is 26.0 Å². The van der Waals surface area contributed by atoms with Gasteiger partial charge in [0.15, 0.2) is 5.52 Å². The van der Waals surface area contributed by atoms with E-state index in [1.807, 2.05) is 0 Å². The molecule has 0 aliphatic carbocycles. The maximum absolute atomic E-state index is 10.8. The molecule has 0 amide bonds. The van der Waals surface area contributed by atoms with Crippen molar-refractivity contribution in [3.05, 3.63) is 12.7 Å². The van der Waals surface area contributed by atoms with Crippen LogP contribution in [-0.4, -0.2) is 36.8 Å². The summed E-state index contributed by atoms with van der Waals surface area (Å²) in [6.45, 7) is 2.09. The summed E-state index contributed by atoms with van der Waals surface area (Å²) in [7, 11) is -2.39. The lowest BCUT2D eigenvalue weighted by molar-refractivity contribution is -0.658. The van der Waals surface area contributed by atoms with E-state index in [-0.39, 0.29) is 0 Å². The third-order valence-electron chi connectivity index (χ3n) is 2.77. The Bertz CT molecular complexity index is 667. The predicted octanol–water partition coefficient (Wildman–Crippen LogP) is -0.622. The van der Waals surface area contributed by atoms with Crippen molar-refractivity contribution in [1.29, 1.82) is 0 Å². The van der Waals surface area contributed by atoms with Gasteiger partial charge in [-0.2, -0.15) is 0 Å². The first-order valence-electron chi connectivity index (χ1n) is 5.89. The summed E-state index contributed by atoms with van der Waals surface area (Å²) in [5, 5.41) is 0. The molecule has 0 aromatic carbocycles. The standard InChI is InChI=1S/C10H16N5O4P/c1-7(19-6-20(16,17)18)3-15-5-12-8-9(11)14(2)4-13-10(8)15/h4-5,7,11H,3,6H2,1-2H3,(H2,16,17,18)/p+1. The van der Waals surface area contributed by atoms with Gasteiger partial charge in [0.2, 0.25) is 12.0 Å². The second-order valence-corrected chi connectivity index (χ2v) is 6.17. The smallest absolute Gasteiger partial charge is 0.350 e. The Morgan fingerprint density at radius 1 is 1.55 bits per heavy atom. The number of aryl methyl sites for hydroxylation is 1. The molecule has 2 aromatic rings. The Labute approximate surface area is 115 Å². The zero-order valence-electron chi connectivity index (χ0n) is 11.2. The van der Waals surface area contributed by atoms with Gasteiger partial charge in [-0.05, 0) is 6.92 Å². The van der Waals surface area contributed by atoms with E-state index in [1.165, 1.54) is 0 Å². The molecule has 0 aliphatic heterocycles. The van der Waals surface area contributed by atoms with E-state index >= 15 is 0 Å². The zero-order chi connectivity index (χ0) is 14.9. The number of nitrogens with zero attached hydrogens (tertiary/aromatic N) is 4. The van der Waals surface area contributed by atoms with E-state index in [4.69, 9.17) is 20.3 Å². The Morgan fingerprint density at radius 2 is 2.25 bits per heavy atom. The molecule has 0 aliphatic rings. The monoisotopic (exact) mass is 302 g/mol. The van der Waals surface area contributed by atoms with E-state index in [9.17, 15) is 4.57 Å². The van der Waals surface area contributed by atoms with Crippen molar-refractivity contribution in [2.75, 3.05) is 12.1 Å². The summed E-state index contributed by atoms with van der Waals surface area (Å²) in [6.07, 6.45) is 2.16. The van der Waals surface area contributed by atoms with Crippen molar-refractivity contribution in [1.82, 2.24) is 14.5 Å². The molecule has 0 saturated carbocycles. The van der Waals surface area contributed by atoms with Gasteiger partial charge in [-0.1, -0.05) is 4.98 Å². The Hall–Kier alpha value is -1.54. The number of anilines is 1. The molecule has 10 heteroatoms. The third kappa shape index (κ3) is 3.31. The summed E-state index contributed by atoms with van der Waals surface area (Å²) < 4.78 is 19.3. The molecule has 20 heavy (non-hydrogen) atoms. The first kappa shape index (κ1) is 14.9. The second kappa shape index (κ2) is 5.45. The summed E-state index contributed by atoms with van der Waals surface area (Å²) in [6, 6.07) is 0. The lowest BCUT2D eigenvalue weighted by Gasteiger charge is -2.13. The van der Waals surface area contributed by atoms with E-state index in [0.717, 1.165) is 0 Å². The van der Waals surface area contributed by atoms with Gasteiger partial charge in [-0.25, -0.2) is 9.55 Å². The molecule has 2 aromatic heterocycles. The van der Waals surface area contributed by atoms with Crippen LogP contribution in [0.3, 0.4) is 0 Å². The lowest BCUT2D eigenvalue weighted by atomic mass is 10.4. The first-order valence-corrected chi connectivity index (χ1v) is 7.69. The number of hydrogen-bond donors (Lipinski definition) is 3. The van der Waals surface area contributed by atoms with Crippen molar-refractivity contribution in [2.45, 2.75) is 19.6 Å². The van der Waals surface area contributed by atoms with Crippen LogP contribution in [0.25, 0.3) is 11.2 Å². The van der Waals surface area contributed by atoms with Crippen LogP contribution in [0.5, 0.6) is 0 Å². The van der Waals surface area contributed by atoms with Gasteiger partial charge in [-0.15, -0.1) is 0 Å². The first-order chi connectivity index (χ1) is 9.28. The average molecular weight is 302 g/mol. The minimum atomic E-state index is -4.16. The maximum Gasteiger partial charge on any atom is 0.350 e. The highest BCUT2D eigenvalue weighted by molar-refractivity contribution is 7.51. The number of hydrogen-bond acceptors (Lipinski definition) is 5. The molecule has 9 nitrogen and oxygen atoms in total. The van der Waals surface area contributed by atoms with Crippen molar-refractivity contribution >= 4 is 24.6 Å². The van der Waals surface area contributed by atoms with Gasteiger partial charge in [-0.3, -0.25) is 9.13 Å². The van der Waals surface area contributed by atoms with E-state index < -0.39 is 20.0 Å². The van der Waals surface area contributed by atoms with Gasteiger partial charge in [0.1, 0.15) is 6.35 Å². The minimum absolute atomic E-state index is 0.372. The zero-order valence-corrected chi connectivity index (χ0v) is 12.1. The number of aromatic nitrogens is 4. The number of nitrogen functional groups attached to an aromatic ring is 1. The Kier molecular flexibility index (Phi) is 4.05. The van der Waals surface area contributed by atoms with Crippen LogP contribution in [0.2, 0.25) is 0 Å². The molecule has 0 spiro atoms. The molecule has 0 radical (unpaired) electrons. The summed E-state index contributed by atoms with van der Waals surface area (Å²) in [4.78, 5) is 26.0. The number of nitrogens with two attached hydrogens (primary N) is 1. The SMILES string of the molecule is CC(Cn1cnc2c(N)[n+](C)cnc21)OCP(=O)(O)O. The third-order valence-corrected chi connectivity index (χ3v) is 3.25. The van der Waals surface area contributed by atoms with Gasteiger partial charge in [0.25, 0.3) is 5.82 Å². The second-order valence-electron chi connectivity index (χ2n) is 4.58. The quantitative estimate of drug-likeness (QED) is 0.496. The molecule has 0 fully saturated rings. The fourth-order valence-electron chi connectivity index (χ4n) is 1.75. The van der Waals surface area contributed by atoms with E-state index in [2.05, 4.69) is 9.97 Å². The maximum atomic E-state index is 10.8. The van der Waals surface area contributed by atoms with Crippen LogP contribution in [0.4, 0.5) is 5.82 Å². The number of rotatable bonds is 5. The molecule has 4 N–H and O–H groups in total. The molecule has 0 bridgehead atoms. The molecular formula is C10H17N5O4P+.